The number of aromatic nitrogens is 2. The summed E-state index contributed by atoms with van der Waals surface area (Å²) in [5, 5.41) is 9.53. The second-order valence-electron chi connectivity index (χ2n) is 3.94. The van der Waals surface area contributed by atoms with Gasteiger partial charge in [0.15, 0.2) is 0 Å². The fourth-order valence-corrected chi connectivity index (χ4v) is 1.57. The molecule has 1 aromatic heterocycles. The molecule has 0 radical (unpaired) electrons. The lowest BCUT2D eigenvalue weighted by Gasteiger charge is -2.29. The largest absolute Gasteiger partial charge is 0.492 e. The van der Waals surface area contributed by atoms with E-state index < -0.39 is 28.5 Å². The highest BCUT2D eigenvalue weighted by molar-refractivity contribution is 5.12. The molecule has 0 aliphatic heterocycles. The molecule has 1 rings (SSSR count). The monoisotopic (exact) mass is 230 g/mol. The first kappa shape index (κ1) is 12.5. The molecule has 16 heavy (non-hydrogen) atoms. The van der Waals surface area contributed by atoms with Gasteiger partial charge in [0.1, 0.15) is 0 Å². The zero-order valence-corrected chi connectivity index (χ0v) is 9.50. The molecule has 0 aliphatic rings. The quantitative estimate of drug-likeness (QED) is 0.810. The highest BCUT2D eigenvalue weighted by Gasteiger charge is 2.28. The summed E-state index contributed by atoms with van der Waals surface area (Å²) in [4.78, 5) is 24.3. The maximum atomic E-state index is 13.2. The predicted octanol–water partition coefficient (Wildman–Crippen LogP) is 0.916. The van der Waals surface area contributed by atoms with Crippen LogP contribution in [0.25, 0.3) is 0 Å². The van der Waals surface area contributed by atoms with E-state index in [4.69, 9.17) is 0 Å². The molecule has 0 fully saturated rings. The molecule has 0 saturated carbocycles. The van der Waals surface area contributed by atoms with Gasteiger partial charge in [-0.05, 0) is 19.8 Å². The van der Waals surface area contributed by atoms with Gasteiger partial charge in [-0.1, -0.05) is 13.8 Å². The van der Waals surface area contributed by atoms with Crippen LogP contribution >= 0.6 is 0 Å². The number of aromatic amines is 1. The molecule has 0 amide bonds. The van der Waals surface area contributed by atoms with Crippen molar-refractivity contribution in [2.45, 2.75) is 39.2 Å². The lowest BCUT2D eigenvalue weighted by Crippen LogP contribution is -2.42. The van der Waals surface area contributed by atoms with Gasteiger partial charge in [0.2, 0.25) is 11.7 Å². The standard InChI is InChI=1S/C10H15FN2O3/c1-4-10(3,5-2)13-8(15)6(11)7(14)12-9(13)16/h15H,4-5H2,1-3H3,(H,12,14,16). The summed E-state index contributed by atoms with van der Waals surface area (Å²) < 4.78 is 14.1. The van der Waals surface area contributed by atoms with Gasteiger partial charge < -0.3 is 5.11 Å². The number of H-pyrrole nitrogens is 1. The van der Waals surface area contributed by atoms with Gasteiger partial charge in [-0.25, -0.2) is 4.79 Å². The van der Waals surface area contributed by atoms with Crippen LogP contribution in [-0.4, -0.2) is 14.7 Å². The van der Waals surface area contributed by atoms with Gasteiger partial charge >= 0.3 is 5.69 Å². The molecule has 0 unspecified atom stereocenters. The van der Waals surface area contributed by atoms with Crippen molar-refractivity contribution in [2.24, 2.45) is 0 Å². The Hall–Kier alpha value is -1.59. The first-order valence-corrected chi connectivity index (χ1v) is 5.11. The fourth-order valence-electron chi connectivity index (χ4n) is 1.57. The highest BCUT2D eigenvalue weighted by atomic mass is 19.1. The molecule has 2 N–H and O–H groups in total. The molecule has 0 spiro atoms. The van der Waals surface area contributed by atoms with Crippen molar-refractivity contribution in [3.05, 3.63) is 26.7 Å². The number of aromatic hydroxyl groups is 1. The maximum absolute atomic E-state index is 13.2. The van der Waals surface area contributed by atoms with Gasteiger partial charge in [0, 0.05) is 5.54 Å². The topological polar surface area (TPSA) is 75.1 Å². The minimum atomic E-state index is -1.33. The lowest BCUT2D eigenvalue weighted by molar-refractivity contribution is 0.231. The minimum Gasteiger partial charge on any atom is -0.492 e. The van der Waals surface area contributed by atoms with Crippen molar-refractivity contribution in [2.75, 3.05) is 0 Å². The molecule has 0 aromatic carbocycles. The van der Waals surface area contributed by atoms with Gasteiger partial charge in [-0.2, -0.15) is 4.39 Å². The molecule has 0 aliphatic carbocycles. The van der Waals surface area contributed by atoms with Crippen molar-refractivity contribution in [1.29, 1.82) is 0 Å². The zero-order chi connectivity index (χ0) is 12.5. The summed E-state index contributed by atoms with van der Waals surface area (Å²) in [5.41, 5.74) is -2.71. The molecule has 5 nitrogen and oxygen atoms in total. The number of hydrogen-bond acceptors (Lipinski definition) is 3. The lowest BCUT2D eigenvalue weighted by atomic mass is 9.95. The molecule has 0 bridgehead atoms. The van der Waals surface area contributed by atoms with Crippen molar-refractivity contribution in [3.8, 4) is 5.88 Å². The van der Waals surface area contributed by atoms with Crippen LogP contribution in [0.3, 0.4) is 0 Å². The second-order valence-corrected chi connectivity index (χ2v) is 3.94. The third kappa shape index (κ3) is 1.75. The van der Waals surface area contributed by atoms with Crippen LogP contribution in [0.4, 0.5) is 4.39 Å². The van der Waals surface area contributed by atoms with Crippen molar-refractivity contribution < 1.29 is 9.50 Å². The molecule has 0 saturated heterocycles. The fraction of sp³-hybridized carbons (Fsp3) is 0.600. The second kappa shape index (κ2) is 4.11. The molecule has 90 valence electrons. The van der Waals surface area contributed by atoms with E-state index in [0.717, 1.165) is 4.57 Å². The van der Waals surface area contributed by atoms with Crippen LogP contribution in [0.2, 0.25) is 0 Å². The average Bonchev–Trinajstić information content (AvgIpc) is 2.25. The summed E-state index contributed by atoms with van der Waals surface area (Å²) in [6, 6.07) is 0. The molecular formula is C10H15FN2O3. The Labute approximate surface area is 91.6 Å². The average molecular weight is 230 g/mol. The van der Waals surface area contributed by atoms with Gasteiger partial charge in [-0.15, -0.1) is 0 Å². The highest BCUT2D eigenvalue weighted by Crippen LogP contribution is 2.26. The SMILES string of the molecule is CCC(C)(CC)n1c(O)c(F)c(=O)[nH]c1=O. The summed E-state index contributed by atoms with van der Waals surface area (Å²) in [6.07, 6.45) is 1.06. The molecule has 1 heterocycles. The smallest absolute Gasteiger partial charge is 0.331 e. The Morgan fingerprint density at radius 2 is 1.88 bits per heavy atom. The zero-order valence-electron chi connectivity index (χ0n) is 9.50. The van der Waals surface area contributed by atoms with E-state index in [0.29, 0.717) is 12.8 Å². The van der Waals surface area contributed by atoms with E-state index >= 15 is 0 Å². The number of nitrogens with one attached hydrogen (secondary N) is 1. The third-order valence-electron chi connectivity index (χ3n) is 3.09. The van der Waals surface area contributed by atoms with E-state index in [9.17, 15) is 19.1 Å². The van der Waals surface area contributed by atoms with E-state index in [1.165, 1.54) is 0 Å². The Morgan fingerprint density at radius 1 is 1.38 bits per heavy atom. The molecule has 0 atom stereocenters. The summed E-state index contributed by atoms with van der Waals surface area (Å²) >= 11 is 0. The van der Waals surface area contributed by atoms with Crippen molar-refractivity contribution >= 4 is 0 Å². The maximum Gasteiger partial charge on any atom is 0.331 e. The van der Waals surface area contributed by atoms with Crippen LogP contribution in [-0.2, 0) is 5.54 Å². The van der Waals surface area contributed by atoms with E-state index in [1.807, 2.05) is 18.8 Å². The predicted molar refractivity (Wildman–Crippen MR) is 57.2 cm³/mol. The Kier molecular flexibility index (Phi) is 3.21. The first-order chi connectivity index (χ1) is 7.37. The Balaban J connectivity index is 3.64. The van der Waals surface area contributed by atoms with Crippen LogP contribution in [0.5, 0.6) is 5.88 Å². The molecule has 1 aromatic rings. The molecular weight excluding hydrogens is 215 g/mol. The van der Waals surface area contributed by atoms with Gasteiger partial charge in [-0.3, -0.25) is 14.3 Å². The van der Waals surface area contributed by atoms with E-state index in [-0.39, 0.29) is 0 Å². The van der Waals surface area contributed by atoms with Crippen molar-refractivity contribution in [3.63, 3.8) is 0 Å². The minimum absolute atomic E-state index is 0.530. The first-order valence-electron chi connectivity index (χ1n) is 5.11. The summed E-state index contributed by atoms with van der Waals surface area (Å²) in [6.45, 7) is 5.35. The van der Waals surface area contributed by atoms with Crippen LogP contribution < -0.4 is 11.2 Å². The Bertz CT molecular complexity index is 500. The van der Waals surface area contributed by atoms with Crippen LogP contribution in [0, 0.1) is 5.82 Å². The number of halogens is 1. The number of nitrogens with zero attached hydrogens (tertiary/aromatic N) is 1. The van der Waals surface area contributed by atoms with Gasteiger partial charge in [0.05, 0.1) is 0 Å². The number of rotatable bonds is 3. The summed E-state index contributed by atoms with van der Waals surface area (Å²) in [5.74, 6) is -2.23. The third-order valence-corrected chi connectivity index (χ3v) is 3.09. The van der Waals surface area contributed by atoms with Crippen LogP contribution in [0.15, 0.2) is 9.59 Å². The Morgan fingerprint density at radius 3 is 2.31 bits per heavy atom. The molecule has 6 heteroatoms. The normalized spacial score (nSPS) is 11.8. The van der Waals surface area contributed by atoms with Gasteiger partial charge in [0.25, 0.3) is 5.56 Å². The van der Waals surface area contributed by atoms with E-state index in [1.54, 1.807) is 6.92 Å². The van der Waals surface area contributed by atoms with E-state index in [2.05, 4.69) is 0 Å². The van der Waals surface area contributed by atoms with Crippen LogP contribution in [0.1, 0.15) is 33.6 Å². The van der Waals surface area contributed by atoms with Crippen molar-refractivity contribution in [1.82, 2.24) is 9.55 Å². The number of hydrogen-bond donors (Lipinski definition) is 2. The summed E-state index contributed by atoms with van der Waals surface area (Å²) in [7, 11) is 0.